The fourth-order valence-electron chi connectivity index (χ4n) is 5.75. The minimum Gasteiger partial charge on any atom is -0.135 e. The molecule has 0 radical (unpaired) electrons. The van der Waals surface area contributed by atoms with Crippen molar-refractivity contribution < 1.29 is 0 Å². The molecule has 0 aliphatic carbocycles. The van der Waals surface area contributed by atoms with Crippen LogP contribution in [0.1, 0.15) is 89.5 Å². The van der Waals surface area contributed by atoms with Gasteiger partial charge in [0.25, 0.3) is 0 Å². The van der Waals surface area contributed by atoms with Crippen LogP contribution in [0.15, 0.2) is 66.7 Å². The van der Waals surface area contributed by atoms with Gasteiger partial charge in [0.2, 0.25) is 0 Å². The van der Waals surface area contributed by atoms with Gasteiger partial charge >= 0.3 is 0 Å². The third-order valence-corrected chi connectivity index (χ3v) is 8.87. The Bertz CT molecular complexity index is 1390. The zero-order chi connectivity index (χ0) is 23.9. The Labute approximate surface area is 215 Å². The summed E-state index contributed by atoms with van der Waals surface area (Å²) in [5.74, 6) is 0. The number of rotatable bonds is 13. The summed E-state index contributed by atoms with van der Waals surface area (Å²) in [6, 6.07) is 25.4. The Hall–Kier alpha value is -2.38. The highest BCUT2D eigenvalue weighted by Crippen LogP contribution is 2.40. The second-order valence-electron chi connectivity index (χ2n) is 10.4. The van der Waals surface area contributed by atoms with Gasteiger partial charge in [-0.15, -0.1) is 11.3 Å². The van der Waals surface area contributed by atoms with Crippen LogP contribution in [0.5, 0.6) is 0 Å². The van der Waals surface area contributed by atoms with Gasteiger partial charge in [0, 0.05) is 20.2 Å². The number of benzene rings is 4. The number of fused-ring (bicyclic) bond motifs is 7. The van der Waals surface area contributed by atoms with Crippen LogP contribution in [-0.2, 0) is 6.42 Å². The molecule has 0 bridgehead atoms. The smallest absolute Gasteiger partial charge is 0.0361 e. The molecule has 0 fully saturated rings. The quantitative estimate of drug-likeness (QED) is 0.116. The Kier molecular flexibility index (Phi) is 8.37. The normalized spacial score (nSPS) is 11.9. The zero-order valence-corrected chi connectivity index (χ0v) is 22.3. The van der Waals surface area contributed by atoms with Crippen LogP contribution in [0, 0.1) is 0 Å². The van der Waals surface area contributed by atoms with E-state index in [9.17, 15) is 0 Å². The van der Waals surface area contributed by atoms with Crippen LogP contribution in [0.3, 0.4) is 0 Å². The number of thiophene rings is 1. The molecule has 182 valence electrons. The molecule has 0 saturated heterocycles. The molecule has 0 amide bonds. The summed E-state index contributed by atoms with van der Waals surface area (Å²) >= 11 is 1.91. The molecule has 0 aliphatic heterocycles. The largest absolute Gasteiger partial charge is 0.135 e. The van der Waals surface area contributed by atoms with Gasteiger partial charge in [0.15, 0.2) is 0 Å². The van der Waals surface area contributed by atoms with Gasteiger partial charge in [-0.25, -0.2) is 0 Å². The molecule has 1 aromatic heterocycles. The molecule has 5 aromatic rings. The van der Waals surface area contributed by atoms with E-state index in [4.69, 9.17) is 0 Å². The van der Waals surface area contributed by atoms with E-state index in [2.05, 4.69) is 73.7 Å². The van der Waals surface area contributed by atoms with Crippen LogP contribution >= 0.6 is 11.3 Å². The highest BCUT2D eigenvalue weighted by Gasteiger charge is 2.10. The van der Waals surface area contributed by atoms with Crippen LogP contribution in [-0.4, -0.2) is 0 Å². The lowest BCUT2D eigenvalue weighted by atomic mass is 9.96. The molecule has 0 N–H and O–H groups in total. The van der Waals surface area contributed by atoms with E-state index in [0.29, 0.717) is 0 Å². The van der Waals surface area contributed by atoms with Crippen molar-refractivity contribution in [3.05, 3.63) is 72.3 Å². The summed E-state index contributed by atoms with van der Waals surface area (Å²) in [5.41, 5.74) is 1.49. The predicted molar refractivity (Wildman–Crippen MR) is 159 cm³/mol. The molecule has 0 unspecified atom stereocenters. The van der Waals surface area contributed by atoms with Gasteiger partial charge in [-0.1, -0.05) is 132 Å². The highest BCUT2D eigenvalue weighted by molar-refractivity contribution is 7.26. The predicted octanol–water partition coefficient (Wildman–Crippen LogP) is 11.6. The van der Waals surface area contributed by atoms with E-state index in [0.717, 1.165) is 0 Å². The highest BCUT2D eigenvalue weighted by atomic mass is 32.1. The first-order chi connectivity index (χ1) is 17.3. The molecule has 5 rings (SSSR count). The van der Waals surface area contributed by atoms with Gasteiger partial charge < -0.3 is 0 Å². The SMILES string of the molecule is CCCCCCCCCCCCCCc1ccc2c(ccc3c2ccc2sc4ccccc4c23)c1. The maximum absolute atomic E-state index is 2.43. The Morgan fingerprint density at radius 1 is 0.514 bits per heavy atom. The monoisotopic (exact) mass is 480 g/mol. The van der Waals surface area contributed by atoms with Crippen LogP contribution in [0.4, 0.5) is 0 Å². The molecule has 0 nitrogen and oxygen atoms in total. The van der Waals surface area contributed by atoms with Gasteiger partial charge in [-0.05, 0) is 52.1 Å². The molecule has 4 aromatic carbocycles. The minimum absolute atomic E-state index is 1.21. The van der Waals surface area contributed by atoms with Gasteiger partial charge in [-0.2, -0.15) is 0 Å². The van der Waals surface area contributed by atoms with E-state index in [1.165, 1.54) is 131 Å². The maximum atomic E-state index is 2.43. The average molecular weight is 481 g/mol. The second-order valence-corrected chi connectivity index (χ2v) is 11.5. The molecular formula is C34H40S. The molecule has 0 atom stereocenters. The summed E-state index contributed by atoms with van der Waals surface area (Å²) in [5, 5.41) is 8.36. The summed E-state index contributed by atoms with van der Waals surface area (Å²) in [6.45, 7) is 2.30. The molecule has 0 spiro atoms. The Morgan fingerprint density at radius 2 is 1.17 bits per heavy atom. The zero-order valence-electron chi connectivity index (χ0n) is 21.5. The third kappa shape index (κ3) is 5.72. The fraction of sp³-hybridized carbons (Fsp3) is 0.412. The first-order valence-corrected chi connectivity index (χ1v) is 14.9. The Morgan fingerprint density at radius 3 is 1.94 bits per heavy atom. The Balaban J connectivity index is 1.16. The van der Waals surface area contributed by atoms with E-state index in [-0.39, 0.29) is 0 Å². The summed E-state index contributed by atoms with van der Waals surface area (Å²) in [4.78, 5) is 0. The average Bonchev–Trinajstić information content (AvgIpc) is 3.28. The number of aryl methyl sites for hydroxylation is 1. The van der Waals surface area contributed by atoms with Gasteiger partial charge in [0.05, 0.1) is 0 Å². The van der Waals surface area contributed by atoms with Crippen molar-refractivity contribution in [2.75, 3.05) is 0 Å². The van der Waals surface area contributed by atoms with E-state index < -0.39 is 0 Å². The molecule has 35 heavy (non-hydrogen) atoms. The van der Waals surface area contributed by atoms with Crippen molar-refractivity contribution in [3.63, 3.8) is 0 Å². The van der Waals surface area contributed by atoms with Crippen molar-refractivity contribution in [3.8, 4) is 0 Å². The third-order valence-electron chi connectivity index (χ3n) is 7.74. The fourth-order valence-corrected chi connectivity index (χ4v) is 6.87. The van der Waals surface area contributed by atoms with E-state index in [1.54, 1.807) is 0 Å². The molecule has 0 aliphatic rings. The minimum atomic E-state index is 1.21. The molecular weight excluding hydrogens is 440 g/mol. The van der Waals surface area contributed by atoms with Crippen molar-refractivity contribution in [2.24, 2.45) is 0 Å². The topological polar surface area (TPSA) is 0 Å². The first-order valence-electron chi connectivity index (χ1n) is 14.1. The van der Waals surface area contributed by atoms with Crippen molar-refractivity contribution >= 4 is 53.1 Å². The lowest BCUT2D eigenvalue weighted by Crippen LogP contribution is -1.88. The lowest BCUT2D eigenvalue weighted by Gasteiger charge is -2.08. The van der Waals surface area contributed by atoms with E-state index >= 15 is 0 Å². The van der Waals surface area contributed by atoms with E-state index in [1.807, 2.05) is 11.3 Å². The molecule has 1 heteroatoms. The summed E-state index contributed by atoms with van der Waals surface area (Å²) in [7, 11) is 0. The number of hydrogen-bond acceptors (Lipinski definition) is 1. The van der Waals surface area contributed by atoms with Crippen molar-refractivity contribution in [1.82, 2.24) is 0 Å². The van der Waals surface area contributed by atoms with Gasteiger partial charge in [-0.3, -0.25) is 0 Å². The van der Waals surface area contributed by atoms with Crippen LogP contribution in [0.2, 0.25) is 0 Å². The van der Waals surface area contributed by atoms with Crippen molar-refractivity contribution in [1.29, 1.82) is 0 Å². The lowest BCUT2D eigenvalue weighted by molar-refractivity contribution is 0.544. The van der Waals surface area contributed by atoms with Crippen LogP contribution in [0.25, 0.3) is 41.7 Å². The van der Waals surface area contributed by atoms with Crippen LogP contribution < -0.4 is 0 Å². The molecule has 1 heterocycles. The standard InChI is InChI=1S/C34H40S/c1-2-3-4-5-6-7-8-9-10-11-12-13-16-26-19-21-28-27(25-26)20-22-30-29(28)23-24-33-34(30)31-17-14-15-18-32(31)35-33/h14-15,17-25H,2-13,16H2,1H3. The van der Waals surface area contributed by atoms with Gasteiger partial charge in [0.1, 0.15) is 0 Å². The number of unbranched alkanes of at least 4 members (excludes halogenated alkanes) is 11. The first kappa shape index (κ1) is 24.3. The summed E-state index contributed by atoms with van der Waals surface area (Å²) in [6.07, 6.45) is 18.2. The summed E-state index contributed by atoms with van der Waals surface area (Å²) < 4.78 is 2.77. The number of hydrogen-bond donors (Lipinski definition) is 0. The molecule has 0 saturated carbocycles. The second kappa shape index (κ2) is 12.0. The maximum Gasteiger partial charge on any atom is 0.0361 e. The van der Waals surface area contributed by atoms with Crippen molar-refractivity contribution in [2.45, 2.75) is 90.4 Å².